The van der Waals surface area contributed by atoms with E-state index in [0.717, 1.165) is 4.90 Å². The van der Waals surface area contributed by atoms with E-state index in [0.29, 0.717) is 28.5 Å². The van der Waals surface area contributed by atoms with Gasteiger partial charge in [0.1, 0.15) is 5.75 Å². The van der Waals surface area contributed by atoms with Gasteiger partial charge < -0.3 is 19.5 Å². The molecule has 0 bridgehead atoms. The molecule has 0 atom stereocenters. The van der Waals surface area contributed by atoms with Crippen LogP contribution in [0.15, 0.2) is 41.3 Å². The number of ketones is 1. The largest absolute Gasteiger partial charge is 0.496 e. The molecule has 0 aromatic heterocycles. The third-order valence-corrected chi connectivity index (χ3v) is 4.65. The molecule has 130 valence electrons. The van der Waals surface area contributed by atoms with Gasteiger partial charge in [0.25, 0.3) is 0 Å². The Kier molecular flexibility index (Phi) is 5.14. The van der Waals surface area contributed by atoms with Gasteiger partial charge in [-0.25, -0.2) is 0 Å². The summed E-state index contributed by atoms with van der Waals surface area (Å²) in [6.45, 7) is 1.55. The first-order valence-corrected chi connectivity index (χ1v) is 8.57. The Labute approximate surface area is 149 Å². The maximum Gasteiger partial charge on any atom is 0.234 e. The van der Waals surface area contributed by atoms with Crippen molar-refractivity contribution in [1.82, 2.24) is 0 Å². The molecule has 1 heterocycles. The molecule has 2 aromatic rings. The van der Waals surface area contributed by atoms with Crippen LogP contribution in [0.3, 0.4) is 0 Å². The average molecular weight is 359 g/mol. The fourth-order valence-corrected chi connectivity index (χ4v) is 3.23. The van der Waals surface area contributed by atoms with Crippen LogP contribution in [0.1, 0.15) is 17.3 Å². The van der Waals surface area contributed by atoms with E-state index in [1.54, 1.807) is 19.2 Å². The second kappa shape index (κ2) is 7.48. The highest BCUT2D eigenvalue weighted by atomic mass is 32.2. The molecular weight excluding hydrogens is 342 g/mol. The molecule has 1 aliphatic rings. The maximum atomic E-state index is 12.3. The highest BCUT2D eigenvalue weighted by molar-refractivity contribution is 8.00. The minimum absolute atomic E-state index is 0.105. The number of anilines is 1. The molecule has 6 nitrogen and oxygen atoms in total. The SMILES string of the molecule is COc1ccccc1SCC(=O)Nc1cc2c(cc1C(C)=O)OCO2. The molecule has 2 aromatic carbocycles. The monoisotopic (exact) mass is 359 g/mol. The number of hydrogen-bond acceptors (Lipinski definition) is 6. The van der Waals surface area contributed by atoms with Crippen molar-refractivity contribution in [2.75, 3.05) is 25.0 Å². The van der Waals surface area contributed by atoms with Gasteiger partial charge in [-0.1, -0.05) is 12.1 Å². The third kappa shape index (κ3) is 3.88. The van der Waals surface area contributed by atoms with E-state index in [-0.39, 0.29) is 24.2 Å². The van der Waals surface area contributed by atoms with Crippen LogP contribution in [-0.4, -0.2) is 31.3 Å². The standard InChI is InChI=1S/C18H17NO5S/c1-11(20)12-7-15-16(24-10-23-15)8-13(12)19-18(21)9-25-17-6-4-3-5-14(17)22-2/h3-8H,9-10H2,1-2H3,(H,19,21). The molecule has 0 spiro atoms. The molecule has 0 unspecified atom stereocenters. The zero-order chi connectivity index (χ0) is 17.8. The molecular formula is C18H17NO5S. The first kappa shape index (κ1) is 17.2. The topological polar surface area (TPSA) is 73.9 Å². The van der Waals surface area contributed by atoms with Crippen LogP contribution in [-0.2, 0) is 4.79 Å². The summed E-state index contributed by atoms with van der Waals surface area (Å²) in [7, 11) is 1.59. The molecule has 3 rings (SSSR count). The number of benzene rings is 2. The van der Waals surface area contributed by atoms with E-state index in [9.17, 15) is 9.59 Å². The number of Topliss-reactive ketones (excluding diaryl/α,β-unsaturated/α-hetero) is 1. The van der Waals surface area contributed by atoms with Crippen molar-refractivity contribution >= 4 is 29.1 Å². The van der Waals surface area contributed by atoms with E-state index >= 15 is 0 Å². The second-order valence-electron chi connectivity index (χ2n) is 5.29. The molecule has 1 N–H and O–H groups in total. The number of carbonyl (C=O) groups is 2. The summed E-state index contributed by atoms with van der Waals surface area (Å²) in [5.74, 6) is 1.53. The van der Waals surface area contributed by atoms with Crippen molar-refractivity contribution in [1.29, 1.82) is 0 Å². The number of fused-ring (bicyclic) bond motifs is 1. The summed E-state index contributed by atoms with van der Waals surface area (Å²) in [6.07, 6.45) is 0. The highest BCUT2D eigenvalue weighted by Crippen LogP contribution is 2.37. The zero-order valence-corrected chi connectivity index (χ0v) is 14.6. The number of nitrogens with one attached hydrogen (secondary N) is 1. The summed E-state index contributed by atoms with van der Waals surface area (Å²) in [6, 6.07) is 10.7. The zero-order valence-electron chi connectivity index (χ0n) is 13.8. The number of methoxy groups -OCH3 is 1. The molecule has 0 aliphatic carbocycles. The Bertz CT molecular complexity index is 821. The normalized spacial score (nSPS) is 11.9. The van der Waals surface area contributed by atoms with Crippen LogP contribution in [0.4, 0.5) is 5.69 Å². The second-order valence-corrected chi connectivity index (χ2v) is 6.31. The van der Waals surface area contributed by atoms with Crippen molar-refractivity contribution in [2.45, 2.75) is 11.8 Å². The van der Waals surface area contributed by atoms with E-state index in [1.165, 1.54) is 18.7 Å². The molecule has 7 heteroatoms. The number of carbonyl (C=O) groups excluding carboxylic acids is 2. The van der Waals surface area contributed by atoms with Crippen molar-refractivity contribution in [3.63, 3.8) is 0 Å². The number of thioether (sulfide) groups is 1. The molecule has 0 saturated heterocycles. The number of para-hydroxylation sites is 1. The molecule has 1 amide bonds. The fraction of sp³-hybridized carbons (Fsp3) is 0.222. The van der Waals surface area contributed by atoms with Crippen LogP contribution in [0.25, 0.3) is 0 Å². The highest BCUT2D eigenvalue weighted by Gasteiger charge is 2.20. The molecule has 0 radical (unpaired) electrons. The molecule has 0 fully saturated rings. The van der Waals surface area contributed by atoms with Gasteiger partial charge in [-0.05, 0) is 25.1 Å². The van der Waals surface area contributed by atoms with Gasteiger partial charge in [0.15, 0.2) is 17.3 Å². The maximum absolute atomic E-state index is 12.3. The van der Waals surface area contributed by atoms with Crippen LogP contribution >= 0.6 is 11.8 Å². The van der Waals surface area contributed by atoms with E-state index in [2.05, 4.69) is 5.32 Å². The number of hydrogen-bond donors (Lipinski definition) is 1. The Morgan fingerprint density at radius 3 is 2.64 bits per heavy atom. The van der Waals surface area contributed by atoms with Gasteiger partial charge in [0.2, 0.25) is 12.7 Å². The Morgan fingerprint density at radius 2 is 1.92 bits per heavy atom. The molecule has 25 heavy (non-hydrogen) atoms. The Balaban J connectivity index is 1.72. The van der Waals surface area contributed by atoms with Crippen LogP contribution < -0.4 is 19.5 Å². The van der Waals surface area contributed by atoms with Gasteiger partial charge >= 0.3 is 0 Å². The van der Waals surface area contributed by atoms with Crippen LogP contribution in [0.2, 0.25) is 0 Å². The minimum Gasteiger partial charge on any atom is -0.496 e. The molecule has 0 saturated carbocycles. The Morgan fingerprint density at radius 1 is 1.20 bits per heavy atom. The predicted octanol–water partition coefficient (Wildman–Crippen LogP) is 3.36. The first-order valence-electron chi connectivity index (χ1n) is 7.58. The number of rotatable bonds is 6. The number of ether oxygens (including phenoxy) is 3. The van der Waals surface area contributed by atoms with E-state index in [4.69, 9.17) is 14.2 Å². The summed E-state index contributed by atoms with van der Waals surface area (Å²) >= 11 is 1.36. The van der Waals surface area contributed by atoms with Crippen molar-refractivity contribution < 1.29 is 23.8 Å². The fourth-order valence-electron chi connectivity index (χ4n) is 2.40. The smallest absolute Gasteiger partial charge is 0.234 e. The van der Waals surface area contributed by atoms with E-state index in [1.807, 2.05) is 24.3 Å². The lowest BCUT2D eigenvalue weighted by Crippen LogP contribution is -2.16. The van der Waals surface area contributed by atoms with Gasteiger partial charge in [0, 0.05) is 16.5 Å². The lowest BCUT2D eigenvalue weighted by Gasteiger charge is -2.11. The summed E-state index contributed by atoms with van der Waals surface area (Å²) in [4.78, 5) is 25.0. The van der Waals surface area contributed by atoms with Crippen LogP contribution in [0.5, 0.6) is 17.2 Å². The lowest BCUT2D eigenvalue weighted by molar-refractivity contribution is -0.113. The molecule has 1 aliphatic heterocycles. The quantitative estimate of drug-likeness (QED) is 0.630. The summed E-state index contributed by atoms with van der Waals surface area (Å²) < 4.78 is 15.9. The van der Waals surface area contributed by atoms with Gasteiger partial charge in [-0.2, -0.15) is 0 Å². The lowest BCUT2D eigenvalue weighted by atomic mass is 10.1. The van der Waals surface area contributed by atoms with Crippen LogP contribution in [0, 0.1) is 0 Å². The van der Waals surface area contributed by atoms with Gasteiger partial charge in [-0.15, -0.1) is 11.8 Å². The predicted molar refractivity (Wildman–Crippen MR) is 94.9 cm³/mol. The van der Waals surface area contributed by atoms with Crippen molar-refractivity contribution in [3.05, 3.63) is 42.0 Å². The Hall–Kier alpha value is -2.67. The van der Waals surface area contributed by atoms with Gasteiger partial charge in [0.05, 0.1) is 18.6 Å². The minimum atomic E-state index is -0.225. The van der Waals surface area contributed by atoms with Crippen molar-refractivity contribution in [2.24, 2.45) is 0 Å². The summed E-state index contributed by atoms with van der Waals surface area (Å²) in [5.41, 5.74) is 0.808. The van der Waals surface area contributed by atoms with E-state index < -0.39 is 0 Å². The first-order chi connectivity index (χ1) is 12.1. The van der Waals surface area contributed by atoms with Crippen molar-refractivity contribution in [3.8, 4) is 17.2 Å². The summed E-state index contributed by atoms with van der Waals surface area (Å²) in [5, 5.41) is 2.77. The third-order valence-electron chi connectivity index (χ3n) is 3.59. The number of amides is 1. The average Bonchev–Trinajstić information content (AvgIpc) is 3.06. The van der Waals surface area contributed by atoms with Gasteiger partial charge in [-0.3, -0.25) is 9.59 Å².